The molecule has 0 aromatic heterocycles. The monoisotopic (exact) mass is 228 g/mol. The van der Waals surface area contributed by atoms with Crippen molar-refractivity contribution in [1.29, 1.82) is 0 Å². The van der Waals surface area contributed by atoms with E-state index in [2.05, 4.69) is 0 Å². The third-order valence-electron chi connectivity index (χ3n) is 5.02. The average Bonchev–Trinajstić information content (AvgIpc) is 2.16. The van der Waals surface area contributed by atoms with Gasteiger partial charge in [-0.2, -0.15) is 0 Å². The average molecular weight is 228 g/mol. The van der Waals surface area contributed by atoms with Gasteiger partial charge in [0.05, 0.1) is 12.7 Å². The first-order valence-corrected chi connectivity index (χ1v) is 7.94. The Kier molecular flexibility index (Phi) is 2.58. The molecule has 0 aromatic carbocycles. The summed E-state index contributed by atoms with van der Waals surface area (Å²) in [5.74, 6) is 2.79. The highest BCUT2D eigenvalue weighted by atomic mass is 31.1. The zero-order valence-corrected chi connectivity index (χ0v) is 10.1. The molecule has 4 fully saturated rings. The van der Waals surface area contributed by atoms with Crippen molar-refractivity contribution in [3.8, 4) is 0 Å². The van der Waals surface area contributed by atoms with Gasteiger partial charge in [-0.3, -0.25) is 0 Å². The second-order valence-corrected chi connectivity index (χ2v) is 8.56. The fraction of sp³-hybridized carbons (Fsp3) is 1.00. The van der Waals surface area contributed by atoms with Crippen molar-refractivity contribution in [3.63, 3.8) is 0 Å². The Morgan fingerprint density at radius 2 is 1.27 bits per heavy atom. The van der Waals surface area contributed by atoms with Gasteiger partial charge in [-0.05, 0) is 69.4 Å². The van der Waals surface area contributed by atoms with E-state index in [0.717, 1.165) is 17.8 Å². The van der Waals surface area contributed by atoms with Crippen LogP contribution < -0.4 is 0 Å². The van der Waals surface area contributed by atoms with Gasteiger partial charge in [0.25, 0.3) is 0 Å². The Morgan fingerprint density at radius 1 is 0.867 bits per heavy atom. The van der Waals surface area contributed by atoms with Gasteiger partial charge in [-0.25, -0.2) is 0 Å². The summed E-state index contributed by atoms with van der Waals surface area (Å²) in [5, 5.41) is 19.3. The van der Waals surface area contributed by atoms with Crippen LogP contribution in [0.5, 0.6) is 0 Å². The summed E-state index contributed by atoms with van der Waals surface area (Å²) in [6.45, 7) is 0. The molecule has 4 aliphatic rings. The molecule has 2 nitrogen and oxygen atoms in total. The lowest BCUT2D eigenvalue weighted by atomic mass is 9.56. The Balaban J connectivity index is 1.86. The second-order valence-electron chi connectivity index (χ2n) is 5.96. The van der Waals surface area contributed by atoms with Crippen molar-refractivity contribution in [2.75, 3.05) is 12.7 Å². The van der Waals surface area contributed by atoms with Crippen LogP contribution in [0.25, 0.3) is 0 Å². The third kappa shape index (κ3) is 1.57. The Bertz CT molecular complexity index is 215. The first kappa shape index (κ1) is 10.5. The summed E-state index contributed by atoms with van der Waals surface area (Å²) < 4.78 is 0. The van der Waals surface area contributed by atoms with E-state index in [1.165, 1.54) is 38.5 Å². The maximum absolute atomic E-state index is 9.45. The van der Waals surface area contributed by atoms with Crippen LogP contribution in [0.1, 0.15) is 38.5 Å². The number of hydrogen-bond acceptors (Lipinski definition) is 2. The van der Waals surface area contributed by atoms with Crippen molar-refractivity contribution >= 4 is 7.92 Å². The van der Waals surface area contributed by atoms with E-state index in [-0.39, 0.29) is 12.7 Å². The van der Waals surface area contributed by atoms with Gasteiger partial charge in [0.1, 0.15) is 0 Å². The van der Waals surface area contributed by atoms with Crippen LogP contribution in [-0.2, 0) is 0 Å². The molecule has 0 atom stereocenters. The summed E-state index contributed by atoms with van der Waals surface area (Å²) in [5.41, 5.74) is 0. The standard InChI is InChI=1S/C12H21O2P/c13-7-15(8-14)12-4-9-1-10(5-12)3-11(2-9)6-12/h9-11,13-14H,1-8H2. The molecule has 4 bridgehead atoms. The molecule has 4 rings (SSSR count). The molecule has 0 aliphatic heterocycles. The molecule has 0 heterocycles. The van der Waals surface area contributed by atoms with Crippen molar-refractivity contribution in [2.45, 2.75) is 43.7 Å². The molecular weight excluding hydrogens is 207 g/mol. The van der Waals surface area contributed by atoms with E-state index in [0.29, 0.717) is 5.16 Å². The lowest BCUT2D eigenvalue weighted by Crippen LogP contribution is -2.49. The van der Waals surface area contributed by atoms with Gasteiger partial charge < -0.3 is 10.2 Å². The molecule has 4 aliphatic carbocycles. The fourth-order valence-corrected chi connectivity index (χ4v) is 7.04. The minimum atomic E-state index is -0.519. The molecule has 3 heteroatoms. The zero-order valence-electron chi connectivity index (χ0n) is 9.23. The molecule has 15 heavy (non-hydrogen) atoms. The van der Waals surface area contributed by atoms with Gasteiger partial charge in [0, 0.05) is 0 Å². The minimum Gasteiger partial charge on any atom is -0.392 e. The lowest BCUT2D eigenvalue weighted by Gasteiger charge is -2.59. The Labute approximate surface area is 92.8 Å². The summed E-state index contributed by atoms with van der Waals surface area (Å²) in [6, 6.07) is 0. The smallest absolute Gasteiger partial charge is 0.0651 e. The highest BCUT2D eigenvalue weighted by Crippen LogP contribution is 2.67. The Hall–Kier alpha value is 0.350. The normalized spacial score (nSPS) is 47.8. The van der Waals surface area contributed by atoms with Crippen LogP contribution in [0.4, 0.5) is 0 Å². The van der Waals surface area contributed by atoms with Crippen molar-refractivity contribution in [2.24, 2.45) is 17.8 Å². The van der Waals surface area contributed by atoms with E-state index in [4.69, 9.17) is 0 Å². The number of aliphatic hydroxyl groups excluding tert-OH is 2. The largest absolute Gasteiger partial charge is 0.392 e. The molecule has 2 N–H and O–H groups in total. The molecule has 0 radical (unpaired) electrons. The number of hydrogen-bond donors (Lipinski definition) is 2. The lowest BCUT2D eigenvalue weighted by molar-refractivity contribution is 0.0339. The highest BCUT2D eigenvalue weighted by Gasteiger charge is 2.53. The molecule has 0 unspecified atom stereocenters. The first-order chi connectivity index (χ1) is 7.25. The number of aliphatic hydroxyl groups is 2. The van der Waals surface area contributed by atoms with Crippen LogP contribution in [0.2, 0.25) is 0 Å². The van der Waals surface area contributed by atoms with Crippen LogP contribution in [0.3, 0.4) is 0 Å². The zero-order chi connectivity index (χ0) is 10.5. The highest BCUT2D eigenvalue weighted by molar-refractivity contribution is 7.58. The molecule has 0 amide bonds. The van der Waals surface area contributed by atoms with Crippen molar-refractivity contribution in [1.82, 2.24) is 0 Å². The molecule has 4 saturated carbocycles. The molecule has 86 valence electrons. The van der Waals surface area contributed by atoms with Crippen LogP contribution in [0, 0.1) is 17.8 Å². The van der Waals surface area contributed by atoms with E-state index in [1.54, 1.807) is 0 Å². The van der Waals surface area contributed by atoms with Gasteiger partial charge in [0.15, 0.2) is 0 Å². The van der Waals surface area contributed by atoms with E-state index in [1.807, 2.05) is 0 Å². The predicted octanol–water partition coefficient (Wildman–Crippen LogP) is 2.34. The summed E-state index contributed by atoms with van der Waals surface area (Å²) >= 11 is 0. The van der Waals surface area contributed by atoms with Gasteiger partial charge in [-0.1, -0.05) is 0 Å². The number of rotatable bonds is 3. The summed E-state index contributed by atoms with van der Waals surface area (Å²) in [4.78, 5) is 0. The molecular formula is C12H21O2P. The van der Waals surface area contributed by atoms with Crippen molar-refractivity contribution in [3.05, 3.63) is 0 Å². The first-order valence-electron chi connectivity index (χ1n) is 6.22. The van der Waals surface area contributed by atoms with Gasteiger partial charge in [0.2, 0.25) is 0 Å². The van der Waals surface area contributed by atoms with Crippen LogP contribution >= 0.6 is 7.92 Å². The maximum atomic E-state index is 9.45. The summed E-state index contributed by atoms with van der Waals surface area (Å²) in [7, 11) is -0.519. The van der Waals surface area contributed by atoms with Crippen molar-refractivity contribution < 1.29 is 10.2 Å². The molecule has 0 saturated heterocycles. The maximum Gasteiger partial charge on any atom is 0.0651 e. The third-order valence-corrected chi connectivity index (χ3v) is 7.59. The van der Waals surface area contributed by atoms with E-state index >= 15 is 0 Å². The SMILES string of the molecule is OCP(CO)C12CC3CC(CC(C3)C1)C2. The van der Waals surface area contributed by atoms with E-state index in [9.17, 15) is 10.2 Å². The van der Waals surface area contributed by atoms with E-state index < -0.39 is 7.92 Å². The van der Waals surface area contributed by atoms with Crippen LogP contribution in [-0.4, -0.2) is 28.1 Å². The second kappa shape index (κ2) is 3.68. The summed E-state index contributed by atoms with van der Waals surface area (Å²) in [6.07, 6.45) is 8.76. The minimum absolute atomic E-state index is 0.248. The molecule has 0 aromatic rings. The topological polar surface area (TPSA) is 40.5 Å². The quantitative estimate of drug-likeness (QED) is 0.728. The molecule has 0 spiro atoms. The fourth-order valence-electron chi connectivity index (χ4n) is 4.80. The van der Waals surface area contributed by atoms with Gasteiger partial charge >= 0.3 is 0 Å². The predicted molar refractivity (Wildman–Crippen MR) is 62.0 cm³/mol. The van der Waals surface area contributed by atoms with Crippen LogP contribution in [0.15, 0.2) is 0 Å². The van der Waals surface area contributed by atoms with Gasteiger partial charge in [-0.15, -0.1) is 0 Å². The Morgan fingerprint density at radius 3 is 1.60 bits per heavy atom.